The van der Waals surface area contributed by atoms with Gasteiger partial charge in [0.1, 0.15) is 5.69 Å². The molecule has 152 valence electrons. The first kappa shape index (κ1) is 20.5. The summed E-state index contributed by atoms with van der Waals surface area (Å²) in [4.78, 5) is 34.9. The Morgan fingerprint density at radius 2 is 1.60 bits per heavy atom. The van der Waals surface area contributed by atoms with Crippen LogP contribution >= 0.6 is 0 Å². The zero-order valence-electron chi connectivity index (χ0n) is 15.9. The van der Waals surface area contributed by atoms with Gasteiger partial charge in [-0.05, 0) is 29.8 Å². The smallest absolute Gasteiger partial charge is 0.338 e. The molecule has 0 radical (unpaired) electrons. The number of nitrogens with zero attached hydrogens (tertiary/aromatic N) is 1. The van der Waals surface area contributed by atoms with Crippen molar-refractivity contribution < 1.29 is 19.2 Å². The average Bonchev–Trinajstić information content (AvgIpc) is 2.77. The number of hydrogen-bond donors (Lipinski definition) is 2. The number of nitrogens with one attached hydrogen (secondary N) is 2. The van der Waals surface area contributed by atoms with E-state index in [1.54, 1.807) is 24.3 Å². The number of ether oxygens (including phenoxy) is 1. The molecule has 3 aromatic carbocycles. The summed E-state index contributed by atoms with van der Waals surface area (Å²) in [5.74, 6) is -1.29. The van der Waals surface area contributed by atoms with Gasteiger partial charge in [-0.2, -0.15) is 0 Å². The molecule has 8 nitrogen and oxygen atoms in total. The lowest BCUT2D eigenvalue weighted by Gasteiger charge is -2.09. The number of para-hydroxylation sites is 1. The Bertz CT molecular complexity index is 1040. The molecule has 0 bridgehead atoms. The van der Waals surface area contributed by atoms with Crippen LogP contribution in [0.2, 0.25) is 0 Å². The highest BCUT2D eigenvalue weighted by Crippen LogP contribution is 2.28. The van der Waals surface area contributed by atoms with E-state index in [1.807, 2.05) is 36.4 Å². The summed E-state index contributed by atoms with van der Waals surface area (Å²) in [6, 6.07) is 22.2. The number of rotatable bonds is 8. The Balaban J connectivity index is 1.60. The van der Waals surface area contributed by atoms with Crippen LogP contribution in [0.1, 0.15) is 15.9 Å². The molecule has 0 atom stereocenters. The molecule has 30 heavy (non-hydrogen) atoms. The second-order valence-corrected chi connectivity index (χ2v) is 6.32. The molecule has 3 aromatic rings. The fraction of sp³-hybridized carbons (Fsp3) is 0.0909. The second kappa shape index (κ2) is 9.83. The molecule has 0 heterocycles. The summed E-state index contributed by atoms with van der Waals surface area (Å²) in [6.45, 7) is -0.175. The van der Waals surface area contributed by atoms with E-state index in [4.69, 9.17) is 4.74 Å². The van der Waals surface area contributed by atoms with E-state index < -0.39 is 23.4 Å². The first-order valence-corrected chi connectivity index (χ1v) is 9.11. The van der Waals surface area contributed by atoms with Crippen LogP contribution in [-0.4, -0.2) is 23.4 Å². The van der Waals surface area contributed by atoms with Crippen molar-refractivity contribution >= 4 is 28.9 Å². The van der Waals surface area contributed by atoms with Gasteiger partial charge in [-0.1, -0.05) is 48.5 Å². The maximum Gasteiger partial charge on any atom is 0.338 e. The lowest BCUT2D eigenvalue weighted by atomic mass is 10.1. The molecule has 0 aliphatic heterocycles. The molecule has 0 unspecified atom stereocenters. The number of esters is 1. The number of anilines is 2. The molecule has 0 spiro atoms. The summed E-state index contributed by atoms with van der Waals surface area (Å²) in [5.41, 5.74) is 1.53. The molecule has 2 N–H and O–H groups in total. The molecular weight excluding hydrogens is 386 g/mol. The third kappa shape index (κ3) is 5.65. The number of hydrogen-bond acceptors (Lipinski definition) is 6. The van der Waals surface area contributed by atoms with Crippen LogP contribution in [0.15, 0.2) is 78.9 Å². The van der Waals surface area contributed by atoms with Gasteiger partial charge in [-0.3, -0.25) is 14.9 Å². The fourth-order valence-electron chi connectivity index (χ4n) is 2.65. The zero-order chi connectivity index (χ0) is 21.3. The van der Waals surface area contributed by atoms with E-state index in [0.717, 1.165) is 11.6 Å². The van der Waals surface area contributed by atoms with E-state index in [1.165, 1.54) is 12.1 Å². The van der Waals surface area contributed by atoms with Crippen molar-refractivity contribution in [2.45, 2.75) is 6.54 Å². The minimum absolute atomic E-state index is 0.0174. The van der Waals surface area contributed by atoms with Crippen LogP contribution in [0.3, 0.4) is 0 Å². The quantitative estimate of drug-likeness (QED) is 0.335. The van der Waals surface area contributed by atoms with Gasteiger partial charge in [0.2, 0.25) is 0 Å². The maximum atomic E-state index is 12.2. The van der Waals surface area contributed by atoms with Crippen molar-refractivity contribution in [1.82, 2.24) is 5.32 Å². The number of nitro benzene ring substituents is 1. The molecule has 1 amide bonds. The zero-order valence-corrected chi connectivity index (χ0v) is 15.9. The Labute approximate surface area is 172 Å². The highest BCUT2D eigenvalue weighted by Gasteiger charge is 2.19. The number of benzene rings is 3. The van der Waals surface area contributed by atoms with Crippen molar-refractivity contribution in [1.29, 1.82) is 0 Å². The standard InChI is InChI=1S/C22H19N3O5/c26-21(23-14-16-7-3-1-4-8-16)15-30-22(27)17-11-12-19(20(13-17)25(28)29)24-18-9-5-2-6-10-18/h1-13,24H,14-15H2,(H,23,26). The van der Waals surface area contributed by atoms with E-state index in [9.17, 15) is 19.7 Å². The van der Waals surface area contributed by atoms with Crippen LogP contribution in [-0.2, 0) is 16.1 Å². The minimum Gasteiger partial charge on any atom is -0.452 e. The molecule has 0 aliphatic rings. The Morgan fingerprint density at radius 1 is 0.933 bits per heavy atom. The van der Waals surface area contributed by atoms with Crippen LogP contribution < -0.4 is 10.6 Å². The first-order valence-electron chi connectivity index (χ1n) is 9.11. The fourth-order valence-corrected chi connectivity index (χ4v) is 2.65. The van der Waals surface area contributed by atoms with Gasteiger partial charge in [0.05, 0.1) is 10.5 Å². The van der Waals surface area contributed by atoms with Gasteiger partial charge in [-0.25, -0.2) is 4.79 Å². The second-order valence-electron chi connectivity index (χ2n) is 6.32. The summed E-state index contributed by atoms with van der Waals surface area (Å²) < 4.78 is 4.98. The summed E-state index contributed by atoms with van der Waals surface area (Å²) in [6.07, 6.45) is 0. The predicted octanol–water partition coefficient (Wildman–Crippen LogP) is 3.81. The van der Waals surface area contributed by atoms with Gasteiger partial charge in [0.25, 0.3) is 11.6 Å². The third-order valence-electron chi connectivity index (χ3n) is 4.15. The van der Waals surface area contributed by atoms with Crippen LogP contribution in [0.4, 0.5) is 17.1 Å². The lowest BCUT2D eigenvalue weighted by Crippen LogP contribution is -2.28. The molecule has 3 rings (SSSR count). The molecular formula is C22H19N3O5. The van der Waals surface area contributed by atoms with Gasteiger partial charge >= 0.3 is 5.97 Å². The topological polar surface area (TPSA) is 111 Å². The highest BCUT2D eigenvalue weighted by molar-refractivity contribution is 5.93. The van der Waals surface area contributed by atoms with Gasteiger partial charge in [0, 0.05) is 18.3 Å². The predicted molar refractivity (Wildman–Crippen MR) is 111 cm³/mol. The van der Waals surface area contributed by atoms with Crippen molar-refractivity contribution in [2.24, 2.45) is 0 Å². The number of carbonyl (C=O) groups is 2. The molecule has 0 aliphatic carbocycles. The molecule has 0 fully saturated rings. The van der Waals surface area contributed by atoms with Crippen LogP contribution in [0.5, 0.6) is 0 Å². The van der Waals surface area contributed by atoms with Crippen LogP contribution in [0.25, 0.3) is 0 Å². The summed E-state index contributed by atoms with van der Waals surface area (Å²) >= 11 is 0. The number of nitro groups is 1. The minimum atomic E-state index is -0.820. The summed E-state index contributed by atoms with van der Waals surface area (Å²) in [7, 11) is 0. The Morgan fingerprint density at radius 3 is 2.27 bits per heavy atom. The van der Waals surface area contributed by atoms with Crippen molar-refractivity contribution in [3.8, 4) is 0 Å². The number of amides is 1. The molecule has 0 aromatic heterocycles. The normalized spacial score (nSPS) is 10.1. The first-order chi connectivity index (χ1) is 14.5. The van der Waals surface area contributed by atoms with Gasteiger partial charge in [0.15, 0.2) is 6.61 Å². The van der Waals surface area contributed by atoms with Crippen molar-refractivity contribution in [3.05, 3.63) is 100 Å². The lowest BCUT2D eigenvalue weighted by molar-refractivity contribution is -0.383. The highest BCUT2D eigenvalue weighted by atomic mass is 16.6. The molecule has 0 saturated heterocycles. The van der Waals surface area contributed by atoms with E-state index in [0.29, 0.717) is 12.2 Å². The van der Waals surface area contributed by atoms with Crippen molar-refractivity contribution in [2.75, 3.05) is 11.9 Å². The number of carbonyl (C=O) groups excluding carboxylic acids is 2. The van der Waals surface area contributed by atoms with Crippen molar-refractivity contribution in [3.63, 3.8) is 0 Å². The van der Waals surface area contributed by atoms with E-state index in [2.05, 4.69) is 10.6 Å². The van der Waals surface area contributed by atoms with Gasteiger partial charge < -0.3 is 15.4 Å². The third-order valence-corrected chi connectivity index (χ3v) is 4.15. The maximum absolute atomic E-state index is 12.2. The summed E-state index contributed by atoms with van der Waals surface area (Å²) in [5, 5.41) is 17.0. The largest absolute Gasteiger partial charge is 0.452 e. The molecule has 8 heteroatoms. The Hall–Kier alpha value is -4.20. The SMILES string of the molecule is O=C(COC(=O)c1ccc(Nc2ccccc2)c([N+](=O)[O-])c1)NCc1ccccc1. The Kier molecular flexibility index (Phi) is 6.73. The monoisotopic (exact) mass is 405 g/mol. The van der Waals surface area contributed by atoms with Crippen LogP contribution in [0, 0.1) is 10.1 Å². The average molecular weight is 405 g/mol. The van der Waals surface area contributed by atoms with E-state index in [-0.39, 0.29) is 16.9 Å². The van der Waals surface area contributed by atoms with E-state index >= 15 is 0 Å². The molecule has 0 saturated carbocycles. The van der Waals surface area contributed by atoms with Gasteiger partial charge in [-0.15, -0.1) is 0 Å².